The summed E-state index contributed by atoms with van der Waals surface area (Å²) >= 11 is 3.38. The lowest BCUT2D eigenvalue weighted by molar-refractivity contribution is 0.438. The lowest BCUT2D eigenvalue weighted by Gasteiger charge is -2.20. The fourth-order valence-corrected chi connectivity index (χ4v) is 3.96. The van der Waals surface area contributed by atoms with Gasteiger partial charge in [-0.15, -0.1) is 0 Å². The molecule has 0 aliphatic rings. The van der Waals surface area contributed by atoms with Crippen LogP contribution in [0.5, 0.6) is 11.5 Å². The monoisotopic (exact) mass is 483 g/mol. The summed E-state index contributed by atoms with van der Waals surface area (Å²) in [4.78, 5) is -0.505. The fraction of sp³-hybridized carbons (Fsp3) is 0.375. The standard InChI is InChI=1S/C16H20BrF2NO5SSi/c1-27(2,3)25-16-13(21)14(10-5-4-9(18)8-12(10)19)24-15(16)11(17)6-7-20-26(22)23/h4-5,8,11,21,26H,6-7H2,1-3H3,(H,20,22,23). The Morgan fingerprint density at radius 3 is 2.56 bits per heavy atom. The van der Waals surface area contributed by atoms with Crippen molar-refractivity contribution in [3.05, 3.63) is 35.6 Å². The van der Waals surface area contributed by atoms with Crippen molar-refractivity contribution in [1.82, 2.24) is 4.72 Å². The maximum absolute atomic E-state index is 14.2. The topological polar surface area (TPSA) is 88.8 Å². The smallest absolute Gasteiger partial charge is 0.242 e. The molecule has 27 heavy (non-hydrogen) atoms. The fourth-order valence-electron chi connectivity index (χ4n) is 2.31. The van der Waals surface area contributed by atoms with Crippen molar-refractivity contribution in [3.63, 3.8) is 0 Å². The van der Waals surface area contributed by atoms with Gasteiger partial charge in [-0.25, -0.2) is 21.9 Å². The second-order valence-corrected chi connectivity index (χ2v) is 13.1. The number of hydrogen-bond donors (Lipinski definition) is 3. The number of alkyl halides is 1. The van der Waals surface area contributed by atoms with Crippen molar-refractivity contribution in [3.8, 4) is 22.8 Å². The first-order valence-corrected chi connectivity index (χ1v) is 13.5. The molecule has 1 aromatic heterocycles. The van der Waals surface area contributed by atoms with Crippen LogP contribution in [0.15, 0.2) is 22.6 Å². The number of halogens is 3. The van der Waals surface area contributed by atoms with Crippen LogP contribution in [0.25, 0.3) is 11.3 Å². The van der Waals surface area contributed by atoms with Gasteiger partial charge in [0.1, 0.15) is 11.6 Å². The molecule has 1 atom stereocenters. The van der Waals surface area contributed by atoms with E-state index < -0.39 is 35.7 Å². The number of furan rings is 1. The predicted octanol–water partition coefficient (Wildman–Crippen LogP) is 4.09. The second kappa shape index (κ2) is 8.72. The highest BCUT2D eigenvalue weighted by molar-refractivity contribution is 9.09. The molecule has 6 nitrogen and oxygen atoms in total. The number of benzene rings is 1. The molecule has 1 aromatic carbocycles. The van der Waals surface area contributed by atoms with Crippen LogP contribution in [0.4, 0.5) is 8.78 Å². The van der Waals surface area contributed by atoms with Crippen LogP contribution < -0.4 is 9.15 Å². The van der Waals surface area contributed by atoms with Gasteiger partial charge in [0.2, 0.25) is 25.0 Å². The minimum Gasteiger partial charge on any atom is -0.539 e. The van der Waals surface area contributed by atoms with Crippen molar-refractivity contribution < 1.29 is 31.1 Å². The molecule has 11 heteroatoms. The van der Waals surface area contributed by atoms with Crippen LogP contribution >= 0.6 is 15.9 Å². The van der Waals surface area contributed by atoms with E-state index in [1.807, 2.05) is 19.6 Å². The Kier molecular flexibility index (Phi) is 7.06. The van der Waals surface area contributed by atoms with Crippen molar-refractivity contribution in [2.45, 2.75) is 30.9 Å². The molecule has 2 aromatic rings. The number of nitrogens with one attached hydrogen (secondary N) is 1. The van der Waals surface area contributed by atoms with E-state index in [-0.39, 0.29) is 35.1 Å². The number of aromatic hydroxyl groups is 1. The summed E-state index contributed by atoms with van der Waals surface area (Å²) in [6.07, 6.45) is 0.295. The molecule has 2 rings (SSSR count). The zero-order valence-electron chi connectivity index (χ0n) is 14.9. The molecule has 0 saturated heterocycles. The number of thiol groups is 1. The lowest BCUT2D eigenvalue weighted by Crippen LogP contribution is -2.29. The van der Waals surface area contributed by atoms with Gasteiger partial charge in [-0.3, -0.25) is 0 Å². The van der Waals surface area contributed by atoms with E-state index in [2.05, 4.69) is 20.7 Å². The third kappa shape index (κ3) is 5.77. The first-order valence-electron chi connectivity index (χ1n) is 8.01. The van der Waals surface area contributed by atoms with Gasteiger partial charge >= 0.3 is 0 Å². The van der Waals surface area contributed by atoms with Gasteiger partial charge in [-0.05, 0) is 38.2 Å². The highest BCUT2D eigenvalue weighted by atomic mass is 79.9. The Bertz CT molecular complexity index is 890. The van der Waals surface area contributed by atoms with Gasteiger partial charge in [0, 0.05) is 12.6 Å². The minimum absolute atomic E-state index is 0.0706. The highest BCUT2D eigenvalue weighted by Gasteiger charge is 2.31. The van der Waals surface area contributed by atoms with Crippen LogP contribution in [-0.2, 0) is 10.9 Å². The molecule has 1 heterocycles. The maximum atomic E-state index is 14.2. The van der Waals surface area contributed by atoms with Crippen LogP contribution in [0.2, 0.25) is 19.6 Å². The summed E-state index contributed by atoms with van der Waals surface area (Å²) in [7, 11) is -4.91. The van der Waals surface area contributed by atoms with Crippen LogP contribution in [-0.4, -0.2) is 28.4 Å². The Morgan fingerprint density at radius 1 is 1.33 bits per heavy atom. The van der Waals surface area contributed by atoms with Crippen LogP contribution in [0, 0.1) is 11.6 Å². The first-order chi connectivity index (χ1) is 12.5. The quantitative estimate of drug-likeness (QED) is 0.299. The van der Waals surface area contributed by atoms with E-state index >= 15 is 0 Å². The molecule has 0 aliphatic heterocycles. The predicted molar refractivity (Wildman–Crippen MR) is 104 cm³/mol. The molecular weight excluding hydrogens is 464 g/mol. The van der Waals surface area contributed by atoms with E-state index in [1.54, 1.807) is 0 Å². The van der Waals surface area contributed by atoms with E-state index in [0.717, 1.165) is 12.1 Å². The van der Waals surface area contributed by atoms with Gasteiger partial charge in [0.05, 0.1) is 10.4 Å². The van der Waals surface area contributed by atoms with Crippen molar-refractivity contribution >= 4 is 35.1 Å². The summed E-state index contributed by atoms with van der Waals surface area (Å²) in [5.74, 6) is -1.93. The van der Waals surface area contributed by atoms with Gasteiger partial charge in [-0.2, -0.15) is 0 Å². The summed E-state index contributed by atoms with van der Waals surface area (Å²) in [6.45, 7) is 5.82. The second-order valence-electron chi connectivity index (χ2n) is 6.73. The molecule has 2 N–H and O–H groups in total. The highest BCUT2D eigenvalue weighted by Crippen LogP contribution is 2.49. The molecule has 0 fully saturated rings. The minimum atomic E-state index is -2.73. The maximum Gasteiger partial charge on any atom is 0.242 e. The molecule has 0 amide bonds. The van der Waals surface area contributed by atoms with E-state index in [9.17, 15) is 22.3 Å². The Labute approximate surface area is 166 Å². The third-order valence-electron chi connectivity index (χ3n) is 3.37. The Hall–Kier alpha value is -1.43. The van der Waals surface area contributed by atoms with Gasteiger partial charge in [-0.1, -0.05) is 15.9 Å². The number of rotatable bonds is 8. The molecule has 0 spiro atoms. The van der Waals surface area contributed by atoms with Crippen molar-refractivity contribution in [2.24, 2.45) is 0 Å². The summed E-state index contributed by atoms with van der Waals surface area (Å²) in [6, 6.07) is 2.91. The lowest BCUT2D eigenvalue weighted by atomic mass is 10.1. The summed E-state index contributed by atoms with van der Waals surface area (Å²) in [5, 5.41) is 10.6. The normalized spacial score (nSPS) is 13.1. The van der Waals surface area contributed by atoms with Crippen LogP contribution in [0.3, 0.4) is 0 Å². The molecule has 0 aliphatic carbocycles. The van der Waals surface area contributed by atoms with Gasteiger partial charge in [0.25, 0.3) is 0 Å². The average Bonchev–Trinajstić information content (AvgIpc) is 2.82. The Balaban J connectivity index is 2.47. The van der Waals surface area contributed by atoms with Crippen molar-refractivity contribution in [1.29, 1.82) is 0 Å². The molecule has 1 unspecified atom stereocenters. The summed E-state index contributed by atoms with van der Waals surface area (Å²) < 4.78 is 62.5. The summed E-state index contributed by atoms with van der Waals surface area (Å²) in [5.41, 5.74) is -0.110. The van der Waals surface area contributed by atoms with Gasteiger partial charge in [0.15, 0.2) is 17.3 Å². The van der Waals surface area contributed by atoms with Crippen LogP contribution in [0.1, 0.15) is 17.0 Å². The zero-order chi connectivity index (χ0) is 20.4. The Morgan fingerprint density at radius 2 is 2.00 bits per heavy atom. The average molecular weight is 484 g/mol. The van der Waals surface area contributed by atoms with E-state index in [4.69, 9.17) is 8.84 Å². The van der Waals surface area contributed by atoms with Gasteiger partial charge < -0.3 is 13.9 Å². The first kappa shape index (κ1) is 21.9. The van der Waals surface area contributed by atoms with E-state index in [1.165, 1.54) is 0 Å². The number of hydrogen-bond acceptors (Lipinski definition) is 5. The van der Waals surface area contributed by atoms with E-state index in [0.29, 0.717) is 12.5 Å². The molecule has 0 radical (unpaired) electrons. The third-order valence-corrected chi connectivity index (χ3v) is 5.55. The SMILES string of the molecule is C[Si](C)(C)Oc1c(C(Br)CCN[SH](=O)=O)oc(-c2ccc(F)cc2F)c1O. The molecule has 150 valence electrons. The largest absolute Gasteiger partial charge is 0.539 e. The molecular formula is C16H20BrF2NO5SSi. The zero-order valence-corrected chi connectivity index (χ0v) is 18.4. The van der Waals surface area contributed by atoms with Crippen molar-refractivity contribution in [2.75, 3.05) is 6.54 Å². The molecule has 0 bridgehead atoms. The molecule has 0 saturated carbocycles.